The first-order valence-electron chi connectivity index (χ1n) is 6.41. The van der Waals surface area contributed by atoms with Gasteiger partial charge in [0.1, 0.15) is 11.5 Å². The van der Waals surface area contributed by atoms with Crippen molar-refractivity contribution >= 4 is 0 Å². The number of terminal acetylenes is 1. The number of methoxy groups -OCH3 is 2. The van der Waals surface area contributed by atoms with E-state index in [0.717, 1.165) is 11.5 Å². The summed E-state index contributed by atoms with van der Waals surface area (Å²) in [5.41, 5.74) is -0.650. The molecule has 0 amide bonds. The lowest BCUT2D eigenvalue weighted by atomic mass is 9.78. The van der Waals surface area contributed by atoms with Crippen LogP contribution in [0.15, 0.2) is 48.3 Å². The number of allylic oxidation sites excluding steroid dienone is 2. The lowest BCUT2D eigenvalue weighted by molar-refractivity contribution is 0.0547. The lowest BCUT2D eigenvalue weighted by Crippen LogP contribution is -2.33. The van der Waals surface area contributed by atoms with E-state index in [4.69, 9.17) is 15.9 Å². The van der Waals surface area contributed by atoms with E-state index in [9.17, 15) is 5.11 Å². The lowest BCUT2D eigenvalue weighted by Gasteiger charge is -2.31. The summed E-state index contributed by atoms with van der Waals surface area (Å²) in [5.74, 6) is 3.87. The van der Waals surface area contributed by atoms with Gasteiger partial charge in [-0.3, -0.25) is 0 Å². The highest BCUT2D eigenvalue weighted by Gasteiger charge is 2.35. The third kappa shape index (κ3) is 2.56. The van der Waals surface area contributed by atoms with Gasteiger partial charge >= 0.3 is 0 Å². The minimum Gasteiger partial charge on any atom is -0.497 e. The van der Waals surface area contributed by atoms with Crippen LogP contribution < -0.4 is 4.74 Å². The number of rotatable bonds is 4. The Morgan fingerprint density at radius 1 is 1.25 bits per heavy atom. The molecular weight excluding hydrogens is 252 g/mol. The molecule has 20 heavy (non-hydrogen) atoms. The van der Waals surface area contributed by atoms with Crippen LogP contribution in [0.25, 0.3) is 0 Å². The Balaban J connectivity index is 2.28. The van der Waals surface area contributed by atoms with E-state index in [1.807, 2.05) is 18.2 Å². The van der Waals surface area contributed by atoms with E-state index in [-0.39, 0.29) is 5.92 Å². The molecule has 0 radical (unpaired) electrons. The van der Waals surface area contributed by atoms with Crippen LogP contribution in [-0.4, -0.2) is 19.3 Å². The Labute approximate surface area is 119 Å². The van der Waals surface area contributed by atoms with Crippen molar-refractivity contribution in [3.05, 3.63) is 53.8 Å². The fourth-order valence-electron chi connectivity index (χ4n) is 2.31. The SMILES string of the molecule is C#CC(O)(c1ccc(OC)cc1)C1C=CC(OC)=CC1. The smallest absolute Gasteiger partial charge is 0.157 e. The van der Waals surface area contributed by atoms with Crippen molar-refractivity contribution in [3.63, 3.8) is 0 Å². The maximum absolute atomic E-state index is 10.8. The molecular formula is C17H18O3. The zero-order valence-electron chi connectivity index (χ0n) is 11.7. The first-order chi connectivity index (χ1) is 9.63. The van der Waals surface area contributed by atoms with Crippen molar-refractivity contribution in [2.75, 3.05) is 14.2 Å². The largest absolute Gasteiger partial charge is 0.497 e. The van der Waals surface area contributed by atoms with Crippen molar-refractivity contribution in [2.45, 2.75) is 12.0 Å². The van der Waals surface area contributed by atoms with Crippen LogP contribution in [0.3, 0.4) is 0 Å². The van der Waals surface area contributed by atoms with E-state index in [2.05, 4.69) is 5.92 Å². The van der Waals surface area contributed by atoms with Gasteiger partial charge in [-0.15, -0.1) is 6.42 Å². The first-order valence-corrected chi connectivity index (χ1v) is 6.41. The normalized spacial score (nSPS) is 20.5. The highest BCUT2D eigenvalue weighted by Crippen LogP contribution is 2.35. The van der Waals surface area contributed by atoms with Crippen LogP contribution in [0.2, 0.25) is 0 Å². The second-order valence-corrected chi connectivity index (χ2v) is 4.65. The molecule has 3 nitrogen and oxygen atoms in total. The number of hydrogen-bond acceptors (Lipinski definition) is 3. The molecule has 1 aliphatic rings. The molecule has 0 aliphatic heterocycles. The summed E-state index contributed by atoms with van der Waals surface area (Å²) in [6, 6.07) is 7.17. The molecule has 2 atom stereocenters. The molecule has 0 heterocycles. The summed E-state index contributed by atoms with van der Waals surface area (Å²) < 4.78 is 10.3. The van der Waals surface area contributed by atoms with Crippen LogP contribution in [0, 0.1) is 18.3 Å². The molecule has 0 spiro atoms. The third-order valence-electron chi connectivity index (χ3n) is 3.59. The molecule has 3 heteroatoms. The Kier molecular flexibility index (Phi) is 4.16. The molecule has 0 aromatic heterocycles. The molecule has 2 rings (SSSR count). The van der Waals surface area contributed by atoms with Crippen LogP contribution in [-0.2, 0) is 10.3 Å². The summed E-state index contributed by atoms with van der Waals surface area (Å²) >= 11 is 0. The van der Waals surface area contributed by atoms with Gasteiger partial charge < -0.3 is 14.6 Å². The second kappa shape index (κ2) is 5.85. The minimum atomic E-state index is -1.33. The average Bonchev–Trinajstić information content (AvgIpc) is 2.54. The predicted octanol–water partition coefficient (Wildman–Crippen LogP) is 2.62. The molecule has 1 aliphatic carbocycles. The Morgan fingerprint density at radius 2 is 1.95 bits per heavy atom. The van der Waals surface area contributed by atoms with Crippen molar-refractivity contribution in [2.24, 2.45) is 5.92 Å². The maximum atomic E-state index is 10.8. The standard InChI is InChI=1S/C17H18O3/c1-4-17(18,13-5-9-15(19-2)10-6-13)14-7-11-16(20-3)12-8-14/h1,5-7,9-12,14,18H,8H2,2-3H3. The number of hydrogen-bond donors (Lipinski definition) is 1. The van der Waals surface area contributed by atoms with Crippen LogP contribution in [0.4, 0.5) is 0 Å². The molecule has 0 saturated carbocycles. The van der Waals surface area contributed by atoms with Crippen molar-refractivity contribution in [1.29, 1.82) is 0 Å². The van der Waals surface area contributed by atoms with E-state index in [0.29, 0.717) is 12.0 Å². The van der Waals surface area contributed by atoms with E-state index < -0.39 is 5.60 Å². The maximum Gasteiger partial charge on any atom is 0.157 e. The Bertz CT molecular complexity index is 563. The van der Waals surface area contributed by atoms with Gasteiger partial charge in [0.2, 0.25) is 0 Å². The molecule has 0 saturated heterocycles. The molecule has 1 N–H and O–H groups in total. The van der Waals surface area contributed by atoms with Gasteiger partial charge in [-0.05, 0) is 36.3 Å². The van der Waals surface area contributed by atoms with Crippen LogP contribution in [0.5, 0.6) is 5.75 Å². The number of ether oxygens (including phenoxy) is 2. The monoisotopic (exact) mass is 270 g/mol. The summed E-state index contributed by atoms with van der Waals surface area (Å²) in [6.07, 6.45) is 11.9. The average molecular weight is 270 g/mol. The number of aliphatic hydroxyl groups is 1. The van der Waals surface area contributed by atoms with Gasteiger partial charge in [0.05, 0.1) is 14.2 Å². The third-order valence-corrected chi connectivity index (χ3v) is 3.59. The summed E-state index contributed by atoms with van der Waals surface area (Å²) in [5, 5.41) is 10.8. The van der Waals surface area contributed by atoms with Gasteiger partial charge in [0, 0.05) is 5.92 Å². The van der Waals surface area contributed by atoms with Crippen molar-refractivity contribution in [3.8, 4) is 18.1 Å². The number of benzene rings is 1. The minimum absolute atomic E-state index is 0.181. The highest BCUT2D eigenvalue weighted by molar-refractivity contribution is 5.38. The summed E-state index contributed by atoms with van der Waals surface area (Å²) in [6.45, 7) is 0. The fraction of sp³-hybridized carbons (Fsp3) is 0.294. The summed E-state index contributed by atoms with van der Waals surface area (Å²) in [7, 11) is 3.22. The van der Waals surface area contributed by atoms with Gasteiger partial charge in [0.15, 0.2) is 5.60 Å². The molecule has 0 fully saturated rings. The topological polar surface area (TPSA) is 38.7 Å². The fourth-order valence-corrected chi connectivity index (χ4v) is 2.31. The van der Waals surface area contributed by atoms with E-state index in [1.165, 1.54) is 0 Å². The first kappa shape index (κ1) is 14.2. The van der Waals surface area contributed by atoms with Crippen LogP contribution in [0.1, 0.15) is 12.0 Å². The van der Waals surface area contributed by atoms with Crippen molar-refractivity contribution in [1.82, 2.24) is 0 Å². The molecule has 0 bridgehead atoms. The Hall–Kier alpha value is -2.18. The zero-order chi connectivity index (χ0) is 14.6. The Morgan fingerprint density at radius 3 is 2.40 bits per heavy atom. The molecule has 104 valence electrons. The second-order valence-electron chi connectivity index (χ2n) is 4.65. The van der Waals surface area contributed by atoms with Crippen molar-refractivity contribution < 1.29 is 14.6 Å². The van der Waals surface area contributed by atoms with Gasteiger partial charge in [-0.2, -0.15) is 0 Å². The molecule has 2 unspecified atom stereocenters. The predicted molar refractivity (Wildman–Crippen MR) is 78.1 cm³/mol. The molecule has 1 aromatic carbocycles. The molecule has 1 aromatic rings. The highest BCUT2D eigenvalue weighted by atomic mass is 16.5. The van der Waals surface area contributed by atoms with Gasteiger partial charge in [0.25, 0.3) is 0 Å². The van der Waals surface area contributed by atoms with Gasteiger partial charge in [-0.25, -0.2) is 0 Å². The van der Waals surface area contributed by atoms with Gasteiger partial charge in [-0.1, -0.05) is 24.1 Å². The van der Waals surface area contributed by atoms with E-state index >= 15 is 0 Å². The zero-order valence-corrected chi connectivity index (χ0v) is 11.7. The van der Waals surface area contributed by atoms with E-state index in [1.54, 1.807) is 38.5 Å². The van der Waals surface area contributed by atoms with Crippen LogP contribution >= 0.6 is 0 Å². The quantitative estimate of drug-likeness (QED) is 0.855. The summed E-state index contributed by atoms with van der Waals surface area (Å²) in [4.78, 5) is 0.